The molecule has 0 radical (unpaired) electrons. The molecule has 25 heavy (non-hydrogen) atoms. The summed E-state index contributed by atoms with van der Waals surface area (Å²) >= 11 is 0. The van der Waals surface area contributed by atoms with Crippen molar-refractivity contribution in [2.75, 3.05) is 32.8 Å². The predicted molar refractivity (Wildman–Crippen MR) is 97.5 cm³/mol. The first-order chi connectivity index (χ1) is 12.1. The van der Waals surface area contributed by atoms with Crippen LogP contribution in [0.2, 0.25) is 0 Å². The smallest absolute Gasteiger partial charge is 0.251 e. The van der Waals surface area contributed by atoms with E-state index in [0.717, 1.165) is 68.3 Å². The standard InChI is InChI=1S/C19H26N4O2/c1-14-17(16-5-3-6-21-13-16)18(19(20)24)15(2)23(14)8-4-7-22-9-11-25-12-10-22/h3,5-6,13H,4,7-12H2,1-2H3,(H2,20,24). The molecule has 2 aromatic rings. The second-order valence-electron chi connectivity index (χ2n) is 6.49. The summed E-state index contributed by atoms with van der Waals surface area (Å²) in [6, 6.07) is 3.85. The van der Waals surface area contributed by atoms with E-state index in [1.807, 2.05) is 19.1 Å². The first-order valence-electron chi connectivity index (χ1n) is 8.79. The molecule has 1 amide bonds. The van der Waals surface area contributed by atoms with Gasteiger partial charge in [-0.15, -0.1) is 0 Å². The lowest BCUT2D eigenvalue weighted by atomic mass is 10.0. The second kappa shape index (κ2) is 7.80. The number of carbonyl (C=O) groups is 1. The highest BCUT2D eigenvalue weighted by Crippen LogP contribution is 2.31. The van der Waals surface area contributed by atoms with Crippen LogP contribution in [-0.2, 0) is 11.3 Å². The van der Waals surface area contributed by atoms with Crippen LogP contribution in [0, 0.1) is 13.8 Å². The van der Waals surface area contributed by atoms with Crippen molar-refractivity contribution in [2.24, 2.45) is 5.73 Å². The molecular weight excluding hydrogens is 316 g/mol. The Morgan fingerprint density at radius 3 is 2.64 bits per heavy atom. The summed E-state index contributed by atoms with van der Waals surface area (Å²) in [7, 11) is 0. The van der Waals surface area contributed by atoms with Gasteiger partial charge in [0.05, 0.1) is 18.8 Å². The van der Waals surface area contributed by atoms with Gasteiger partial charge in [-0.25, -0.2) is 0 Å². The number of amides is 1. The molecule has 6 nitrogen and oxygen atoms in total. The number of nitrogens with two attached hydrogens (primary N) is 1. The Kier molecular flexibility index (Phi) is 5.50. The van der Waals surface area contributed by atoms with Gasteiger partial charge < -0.3 is 15.0 Å². The molecule has 0 atom stereocenters. The molecule has 0 saturated carbocycles. The number of nitrogens with zero attached hydrogens (tertiary/aromatic N) is 3. The summed E-state index contributed by atoms with van der Waals surface area (Å²) in [5.41, 5.74) is 10.1. The number of aromatic nitrogens is 2. The lowest BCUT2D eigenvalue weighted by molar-refractivity contribution is 0.0369. The Morgan fingerprint density at radius 1 is 1.24 bits per heavy atom. The first kappa shape index (κ1) is 17.6. The number of rotatable bonds is 6. The van der Waals surface area contributed by atoms with Crippen LogP contribution in [0.15, 0.2) is 24.5 Å². The van der Waals surface area contributed by atoms with Crippen molar-refractivity contribution in [3.05, 3.63) is 41.5 Å². The van der Waals surface area contributed by atoms with Gasteiger partial charge in [-0.1, -0.05) is 6.07 Å². The van der Waals surface area contributed by atoms with Gasteiger partial charge in [0, 0.05) is 61.1 Å². The Hall–Kier alpha value is -2.18. The third-order valence-electron chi connectivity index (χ3n) is 4.94. The number of morpholine rings is 1. The van der Waals surface area contributed by atoms with Crippen molar-refractivity contribution < 1.29 is 9.53 Å². The molecule has 1 fully saturated rings. The van der Waals surface area contributed by atoms with E-state index in [0.29, 0.717) is 5.56 Å². The van der Waals surface area contributed by atoms with Crippen molar-refractivity contribution in [3.63, 3.8) is 0 Å². The highest BCUT2D eigenvalue weighted by atomic mass is 16.5. The molecule has 0 spiro atoms. The van der Waals surface area contributed by atoms with Crippen LogP contribution in [0.5, 0.6) is 0 Å². The van der Waals surface area contributed by atoms with Gasteiger partial charge in [-0.05, 0) is 26.3 Å². The van der Waals surface area contributed by atoms with Gasteiger partial charge in [-0.3, -0.25) is 14.7 Å². The van der Waals surface area contributed by atoms with Gasteiger partial charge in [0.25, 0.3) is 5.91 Å². The van der Waals surface area contributed by atoms with E-state index in [1.54, 1.807) is 12.4 Å². The topological polar surface area (TPSA) is 73.4 Å². The van der Waals surface area contributed by atoms with E-state index in [1.165, 1.54) is 0 Å². The minimum absolute atomic E-state index is 0.383. The molecule has 2 aromatic heterocycles. The molecule has 2 N–H and O–H groups in total. The summed E-state index contributed by atoms with van der Waals surface area (Å²) in [4.78, 5) is 18.7. The van der Waals surface area contributed by atoms with E-state index in [4.69, 9.17) is 10.5 Å². The van der Waals surface area contributed by atoms with E-state index in [-0.39, 0.29) is 5.91 Å². The number of primary amides is 1. The maximum atomic E-state index is 12.1. The fourth-order valence-corrected chi connectivity index (χ4v) is 3.66. The average molecular weight is 342 g/mol. The fourth-order valence-electron chi connectivity index (χ4n) is 3.66. The minimum atomic E-state index is -0.383. The lowest BCUT2D eigenvalue weighted by Gasteiger charge is -2.26. The predicted octanol–water partition coefficient (Wildman–Crippen LogP) is 1.99. The minimum Gasteiger partial charge on any atom is -0.379 e. The zero-order valence-corrected chi connectivity index (χ0v) is 15.0. The van der Waals surface area contributed by atoms with Gasteiger partial charge in [0.15, 0.2) is 0 Å². The highest BCUT2D eigenvalue weighted by Gasteiger charge is 2.22. The molecule has 6 heteroatoms. The average Bonchev–Trinajstić information content (AvgIpc) is 2.88. The maximum Gasteiger partial charge on any atom is 0.251 e. The molecule has 0 unspecified atom stereocenters. The normalized spacial score (nSPS) is 15.4. The molecule has 1 aliphatic rings. The summed E-state index contributed by atoms with van der Waals surface area (Å²) in [5.74, 6) is -0.383. The van der Waals surface area contributed by atoms with Crippen LogP contribution in [0.4, 0.5) is 0 Å². The van der Waals surface area contributed by atoms with Crippen LogP contribution >= 0.6 is 0 Å². The summed E-state index contributed by atoms with van der Waals surface area (Å²) in [6.07, 6.45) is 4.54. The summed E-state index contributed by atoms with van der Waals surface area (Å²) < 4.78 is 7.60. The van der Waals surface area contributed by atoms with E-state index >= 15 is 0 Å². The number of hydrogen-bond acceptors (Lipinski definition) is 4. The summed E-state index contributed by atoms with van der Waals surface area (Å²) in [5, 5.41) is 0. The van der Waals surface area contributed by atoms with Crippen molar-refractivity contribution in [3.8, 4) is 11.1 Å². The Bertz CT molecular complexity index is 734. The Morgan fingerprint density at radius 2 is 2.00 bits per heavy atom. The highest BCUT2D eigenvalue weighted by molar-refractivity contribution is 6.02. The molecule has 0 aliphatic carbocycles. The van der Waals surface area contributed by atoms with Crippen molar-refractivity contribution in [2.45, 2.75) is 26.8 Å². The van der Waals surface area contributed by atoms with Gasteiger partial charge in [0.1, 0.15) is 0 Å². The van der Waals surface area contributed by atoms with Crippen LogP contribution in [0.1, 0.15) is 28.2 Å². The number of ether oxygens (including phenoxy) is 1. The van der Waals surface area contributed by atoms with Crippen molar-refractivity contribution >= 4 is 5.91 Å². The van der Waals surface area contributed by atoms with Crippen LogP contribution in [0.3, 0.4) is 0 Å². The molecule has 3 heterocycles. The third kappa shape index (κ3) is 3.75. The monoisotopic (exact) mass is 342 g/mol. The molecule has 1 aliphatic heterocycles. The van der Waals surface area contributed by atoms with Crippen LogP contribution < -0.4 is 5.73 Å². The first-order valence-corrected chi connectivity index (χ1v) is 8.79. The van der Waals surface area contributed by atoms with Gasteiger partial charge >= 0.3 is 0 Å². The van der Waals surface area contributed by atoms with Gasteiger partial charge in [-0.2, -0.15) is 0 Å². The zero-order chi connectivity index (χ0) is 17.8. The third-order valence-corrected chi connectivity index (χ3v) is 4.94. The van der Waals surface area contributed by atoms with Crippen molar-refractivity contribution in [1.29, 1.82) is 0 Å². The second-order valence-corrected chi connectivity index (χ2v) is 6.49. The Balaban J connectivity index is 1.83. The quantitative estimate of drug-likeness (QED) is 0.871. The molecule has 0 bridgehead atoms. The number of hydrogen-bond donors (Lipinski definition) is 1. The van der Waals surface area contributed by atoms with Gasteiger partial charge in [0.2, 0.25) is 0 Å². The zero-order valence-electron chi connectivity index (χ0n) is 15.0. The number of carbonyl (C=O) groups excluding carboxylic acids is 1. The van der Waals surface area contributed by atoms with E-state index < -0.39 is 0 Å². The SMILES string of the molecule is Cc1c(C(N)=O)c(-c2cccnc2)c(C)n1CCCN1CCOCC1. The molecular formula is C19H26N4O2. The van der Waals surface area contributed by atoms with E-state index in [2.05, 4.69) is 21.4 Å². The fraction of sp³-hybridized carbons (Fsp3) is 0.474. The van der Waals surface area contributed by atoms with Crippen LogP contribution in [0.25, 0.3) is 11.1 Å². The number of pyridine rings is 1. The lowest BCUT2D eigenvalue weighted by Crippen LogP contribution is -2.37. The van der Waals surface area contributed by atoms with Crippen LogP contribution in [-0.4, -0.2) is 53.2 Å². The molecule has 1 saturated heterocycles. The van der Waals surface area contributed by atoms with Crippen molar-refractivity contribution in [1.82, 2.24) is 14.5 Å². The summed E-state index contributed by atoms with van der Waals surface area (Å²) in [6.45, 7) is 9.56. The molecule has 134 valence electrons. The van der Waals surface area contributed by atoms with E-state index in [9.17, 15) is 4.79 Å². The molecule has 0 aromatic carbocycles. The maximum absolute atomic E-state index is 12.1. The molecule has 3 rings (SSSR count). The largest absolute Gasteiger partial charge is 0.379 e. The Labute approximate surface area is 148 Å².